The molecule has 1 aliphatic carbocycles. The molecule has 212 valence electrons. The first kappa shape index (κ1) is 29.0. The van der Waals surface area contributed by atoms with Crippen LogP contribution in [0, 0.1) is 19.8 Å². The molecule has 0 aliphatic heterocycles. The zero-order chi connectivity index (χ0) is 28.6. The van der Waals surface area contributed by atoms with E-state index < -0.39 is 5.97 Å². The molecule has 1 unspecified atom stereocenters. The number of carboxylic acid groups (broad SMARTS) is 2. The van der Waals surface area contributed by atoms with Crippen LogP contribution < -0.4 is 0 Å². The van der Waals surface area contributed by atoms with Gasteiger partial charge in [0.1, 0.15) is 11.3 Å². The lowest BCUT2D eigenvalue weighted by molar-refractivity contribution is -0.137. The number of carbonyl (C=O) groups is 2. The second-order valence-electron chi connectivity index (χ2n) is 10.8. The van der Waals surface area contributed by atoms with E-state index in [1.165, 1.54) is 49.7 Å². The third-order valence-corrected chi connectivity index (χ3v) is 8.20. The van der Waals surface area contributed by atoms with Crippen LogP contribution in [0.15, 0.2) is 42.7 Å². The van der Waals surface area contributed by atoms with Gasteiger partial charge in [0.15, 0.2) is 0 Å². The van der Waals surface area contributed by atoms with Crippen molar-refractivity contribution in [2.24, 2.45) is 13.0 Å². The number of nitrogens with zero attached hydrogens (tertiary/aromatic N) is 5. The SMILES string of the molecule is Cc1ccc(C(CC(=O)O)c2ccc3c(nnn3C)c2C)cc1Cn1ccnc1CC1CCCCCC1.O=CO. The Morgan fingerprint density at radius 1 is 1.12 bits per heavy atom. The zero-order valence-corrected chi connectivity index (χ0v) is 23.6. The molecule has 0 amide bonds. The molecule has 2 heterocycles. The van der Waals surface area contributed by atoms with Gasteiger partial charge in [-0.25, -0.2) is 9.67 Å². The Labute approximate surface area is 234 Å². The molecule has 2 N–H and O–H groups in total. The van der Waals surface area contributed by atoms with Crippen molar-refractivity contribution >= 4 is 23.5 Å². The second-order valence-corrected chi connectivity index (χ2v) is 10.8. The summed E-state index contributed by atoms with van der Waals surface area (Å²) < 4.78 is 4.03. The summed E-state index contributed by atoms with van der Waals surface area (Å²) in [7, 11) is 1.87. The number of aryl methyl sites for hydroxylation is 3. The van der Waals surface area contributed by atoms with Gasteiger partial charge < -0.3 is 14.8 Å². The van der Waals surface area contributed by atoms with Gasteiger partial charge in [0.25, 0.3) is 6.47 Å². The van der Waals surface area contributed by atoms with E-state index in [1.54, 1.807) is 4.68 Å². The number of hydrogen-bond acceptors (Lipinski definition) is 5. The maximum Gasteiger partial charge on any atom is 0.304 e. The van der Waals surface area contributed by atoms with Gasteiger partial charge in [0.2, 0.25) is 0 Å². The quantitative estimate of drug-likeness (QED) is 0.217. The Hall–Kier alpha value is -4.01. The molecule has 0 spiro atoms. The van der Waals surface area contributed by atoms with Crippen molar-refractivity contribution in [3.05, 3.63) is 76.4 Å². The molecular formula is C31H39N5O4. The highest BCUT2D eigenvalue weighted by Gasteiger charge is 2.23. The molecule has 1 atom stereocenters. The number of hydrogen-bond donors (Lipinski definition) is 2. The average molecular weight is 546 g/mol. The third kappa shape index (κ3) is 6.76. The molecule has 4 aromatic rings. The van der Waals surface area contributed by atoms with Gasteiger partial charge in [0.05, 0.1) is 11.9 Å². The fraction of sp³-hybridized carbons (Fsp3) is 0.452. The van der Waals surface area contributed by atoms with Crippen molar-refractivity contribution in [1.29, 1.82) is 0 Å². The molecule has 2 aromatic heterocycles. The first-order valence-corrected chi connectivity index (χ1v) is 14.0. The van der Waals surface area contributed by atoms with Crippen molar-refractivity contribution in [2.75, 3.05) is 0 Å². The van der Waals surface area contributed by atoms with E-state index in [-0.39, 0.29) is 18.8 Å². The van der Waals surface area contributed by atoms with Crippen molar-refractivity contribution in [1.82, 2.24) is 24.5 Å². The summed E-state index contributed by atoms with van der Waals surface area (Å²) in [5, 5.41) is 25.2. The van der Waals surface area contributed by atoms with E-state index in [0.717, 1.165) is 52.4 Å². The van der Waals surface area contributed by atoms with Gasteiger partial charge >= 0.3 is 5.97 Å². The Morgan fingerprint density at radius 3 is 2.55 bits per heavy atom. The number of benzene rings is 2. The van der Waals surface area contributed by atoms with Crippen LogP contribution in [0.2, 0.25) is 0 Å². The Balaban J connectivity index is 0.00000118. The largest absolute Gasteiger partial charge is 0.483 e. The molecule has 2 aromatic carbocycles. The van der Waals surface area contributed by atoms with Crippen LogP contribution in [-0.4, -0.2) is 47.2 Å². The van der Waals surface area contributed by atoms with E-state index >= 15 is 0 Å². The molecular weight excluding hydrogens is 506 g/mol. The molecule has 40 heavy (non-hydrogen) atoms. The number of fused-ring (bicyclic) bond motifs is 1. The van der Waals surface area contributed by atoms with E-state index in [1.807, 2.05) is 32.3 Å². The van der Waals surface area contributed by atoms with Gasteiger partial charge in [0, 0.05) is 38.3 Å². The van der Waals surface area contributed by atoms with Gasteiger partial charge in [-0.2, -0.15) is 0 Å². The summed E-state index contributed by atoms with van der Waals surface area (Å²) in [6, 6.07) is 10.4. The Bertz CT molecular complexity index is 1450. The van der Waals surface area contributed by atoms with Crippen LogP contribution in [0.5, 0.6) is 0 Å². The summed E-state index contributed by atoms with van der Waals surface area (Å²) in [4.78, 5) is 25.0. The minimum absolute atomic E-state index is 0.0209. The molecule has 0 radical (unpaired) electrons. The third-order valence-electron chi connectivity index (χ3n) is 8.20. The molecule has 9 heteroatoms. The van der Waals surface area contributed by atoms with Crippen LogP contribution in [0.4, 0.5) is 0 Å². The average Bonchev–Trinajstić information content (AvgIpc) is 3.42. The monoisotopic (exact) mass is 545 g/mol. The summed E-state index contributed by atoms with van der Waals surface area (Å²) in [5.74, 6) is 0.792. The van der Waals surface area contributed by atoms with Crippen LogP contribution in [0.25, 0.3) is 11.0 Å². The highest BCUT2D eigenvalue weighted by atomic mass is 16.4. The smallest absolute Gasteiger partial charge is 0.304 e. The van der Waals surface area contributed by atoms with Crippen molar-refractivity contribution in [3.63, 3.8) is 0 Å². The van der Waals surface area contributed by atoms with Gasteiger partial charge in [-0.05, 0) is 53.6 Å². The number of aliphatic carboxylic acids is 1. The number of imidazole rings is 1. The van der Waals surface area contributed by atoms with E-state index in [9.17, 15) is 9.90 Å². The highest BCUT2D eigenvalue weighted by Crippen LogP contribution is 2.34. The maximum absolute atomic E-state index is 12.0. The van der Waals surface area contributed by atoms with Gasteiger partial charge in [-0.15, -0.1) is 5.10 Å². The number of rotatable bonds is 8. The summed E-state index contributed by atoms with van der Waals surface area (Å²) in [6.07, 6.45) is 13.0. The van der Waals surface area contributed by atoms with Crippen molar-refractivity contribution in [3.8, 4) is 0 Å². The van der Waals surface area contributed by atoms with Crippen LogP contribution in [0.3, 0.4) is 0 Å². The Morgan fingerprint density at radius 2 is 1.85 bits per heavy atom. The molecule has 9 nitrogen and oxygen atoms in total. The summed E-state index contributed by atoms with van der Waals surface area (Å²) in [5.41, 5.74) is 7.16. The van der Waals surface area contributed by atoms with Gasteiger partial charge in [-0.3, -0.25) is 9.59 Å². The van der Waals surface area contributed by atoms with E-state index in [0.29, 0.717) is 0 Å². The van der Waals surface area contributed by atoms with Crippen LogP contribution in [-0.2, 0) is 29.6 Å². The summed E-state index contributed by atoms with van der Waals surface area (Å²) >= 11 is 0. The normalized spacial score (nSPS) is 14.8. The Kier molecular flexibility index (Phi) is 9.69. The maximum atomic E-state index is 12.0. The van der Waals surface area contributed by atoms with Crippen molar-refractivity contribution in [2.45, 2.75) is 77.7 Å². The molecule has 5 rings (SSSR count). The minimum atomic E-state index is -0.814. The lowest BCUT2D eigenvalue weighted by atomic mass is 9.84. The molecule has 1 aliphatic rings. The predicted molar refractivity (Wildman–Crippen MR) is 153 cm³/mol. The molecule has 1 saturated carbocycles. The first-order valence-electron chi connectivity index (χ1n) is 14.0. The summed E-state index contributed by atoms with van der Waals surface area (Å²) in [6.45, 7) is 4.63. The lowest BCUT2D eigenvalue weighted by Crippen LogP contribution is -2.13. The predicted octanol–water partition coefficient (Wildman–Crippen LogP) is 5.65. The zero-order valence-electron chi connectivity index (χ0n) is 23.6. The fourth-order valence-corrected chi connectivity index (χ4v) is 5.97. The standard InChI is InChI=1S/C30H37N5O2.CH2O2/c1-20-10-11-23(26(18-29(36)37)25-12-13-27-30(21(25)2)32-33-34(27)3)17-24(20)19-35-15-14-31-28(35)16-22-8-6-4-5-7-9-22;2-1-3/h10-15,17,22,26H,4-9,16,18-19H2,1-3H3,(H,36,37);1H,(H,2,3). The van der Waals surface area contributed by atoms with Crippen LogP contribution in [0.1, 0.15) is 84.5 Å². The molecule has 1 fully saturated rings. The topological polar surface area (TPSA) is 123 Å². The molecule has 0 saturated heterocycles. The van der Waals surface area contributed by atoms with E-state index in [2.05, 4.69) is 46.2 Å². The molecule has 0 bridgehead atoms. The first-order chi connectivity index (χ1) is 19.3. The second kappa shape index (κ2) is 13.4. The van der Waals surface area contributed by atoms with Gasteiger partial charge in [-0.1, -0.05) is 68.0 Å². The fourth-order valence-electron chi connectivity index (χ4n) is 5.97. The minimum Gasteiger partial charge on any atom is -0.483 e. The van der Waals surface area contributed by atoms with Crippen LogP contribution >= 0.6 is 0 Å². The van der Waals surface area contributed by atoms with E-state index in [4.69, 9.17) is 14.9 Å². The lowest BCUT2D eigenvalue weighted by Gasteiger charge is -2.21. The highest BCUT2D eigenvalue weighted by molar-refractivity contribution is 5.80. The number of aromatic nitrogens is 5. The van der Waals surface area contributed by atoms with Crippen molar-refractivity contribution < 1.29 is 19.8 Å². The number of carboxylic acids is 1.